The van der Waals surface area contributed by atoms with Gasteiger partial charge in [-0.05, 0) is 6.54 Å². The molecule has 0 fully saturated rings. The highest BCUT2D eigenvalue weighted by molar-refractivity contribution is 5.66. The Bertz CT molecular complexity index is 272. The summed E-state index contributed by atoms with van der Waals surface area (Å²) in [4.78, 5) is 12.4. The van der Waals surface area contributed by atoms with Crippen LogP contribution in [-0.4, -0.2) is 34.2 Å². The third-order valence-corrected chi connectivity index (χ3v) is 1.98. The van der Waals surface area contributed by atoms with Crippen molar-refractivity contribution >= 4 is 5.97 Å². The molecule has 0 aliphatic heterocycles. The van der Waals surface area contributed by atoms with E-state index in [1.807, 2.05) is 11.8 Å². The van der Waals surface area contributed by atoms with E-state index in [2.05, 4.69) is 5.16 Å². The lowest BCUT2D eigenvalue weighted by atomic mass is 10.3. The molecular formula is C9H14N2O3. The quantitative estimate of drug-likeness (QED) is 0.737. The molecule has 0 radical (unpaired) electrons. The SMILES string of the molecule is CCN(CCC(=O)O)Cc1cnoc1. The molecule has 1 N–H and O–H groups in total. The third-order valence-electron chi connectivity index (χ3n) is 1.98. The van der Waals surface area contributed by atoms with Crippen LogP contribution in [0.4, 0.5) is 0 Å². The standard InChI is InChI=1S/C9H14N2O3/c1-2-11(4-3-9(12)13)6-8-5-10-14-7-8/h5,7H,2-4,6H2,1H3,(H,12,13). The van der Waals surface area contributed by atoms with Crippen LogP contribution in [0.15, 0.2) is 17.0 Å². The van der Waals surface area contributed by atoms with E-state index in [0.717, 1.165) is 12.1 Å². The van der Waals surface area contributed by atoms with Gasteiger partial charge in [-0.15, -0.1) is 0 Å². The van der Waals surface area contributed by atoms with Gasteiger partial charge in [-0.3, -0.25) is 9.69 Å². The minimum absolute atomic E-state index is 0.166. The maximum absolute atomic E-state index is 10.4. The van der Waals surface area contributed by atoms with Crippen LogP contribution in [-0.2, 0) is 11.3 Å². The predicted octanol–water partition coefficient (Wildman–Crippen LogP) is 0.971. The second-order valence-electron chi connectivity index (χ2n) is 3.05. The van der Waals surface area contributed by atoms with E-state index >= 15 is 0 Å². The zero-order valence-corrected chi connectivity index (χ0v) is 8.14. The summed E-state index contributed by atoms with van der Waals surface area (Å²) in [6, 6.07) is 0. The first-order valence-corrected chi connectivity index (χ1v) is 4.54. The van der Waals surface area contributed by atoms with Crippen molar-refractivity contribution in [2.24, 2.45) is 0 Å². The summed E-state index contributed by atoms with van der Waals surface area (Å²) in [6.07, 6.45) is 3.38. The van der Waals surface area contributed by atoms with Gasteiger partial charge >= 0.3 is 5.97 Å². The van der Waals surface area contributed by atoms with Gasteiger partial charge in [0, 0.05) is 18.7 Å². The zero-order valence-electron chi connectivity index (χ0n) is 8.14. The lowest BCUT2D eigenvalue weighted by molar-refractivity contribution is -0.137. The lowest BCUT2D eigenvalue weighted by Crippen LogP contribution is -2.25. The molecule has 1 rings (SSSR count). The number of aliphatic carboxylic acids is 1. The largest absolute Gasteiger partial charge is 0.481 e. The minimum Gasteiger partial charge on any atom is -0.481 e. The van der Waals surface area contributed by atoms with Crippen LogP contribution in [0.5, 0.6) is 0 Å². The van der Waals surface area contributed by atoms with Gasteiger partial charge in [0.05, 0.1) is 12.6 Å². The summed E-state index contributed by atoms with van der Waals surface area (Å²) in [6.45, 7) is 4.05. The second kappa shape index (κ2) is 5.39. The molecule has 0 unspecified atom stereocenters. The van der Waals surface area contributed by atoms with Crippen LogP contribution in [0, 0.1) is 0 Å². The van der Waals surface area contributed by atoms with Crippen LogP contribution in [0.25, 0.3) is 0 Å². The summed E-state index contributed by atoms with van der Waals surface area (Å²) in [5.74, 6) is -0.770. The molecule has 14 heavy (non-hydrogen) atoms. The minimum atomic E-state index is -0.770. The lowest BCUT2D eigenvalue weighted by Gasteiger charge is -2.17. The first kappa shape index (κ1) is 10.7. The number of carboxylic acids is 1. The van der Waals surface area contributed by atoms with Crippen molar-refractivity contribution in [2.75, 3.05) is 13.1 Å². The van der Waals surface area contributed by atoms with Crippen LogP contribution in [0.3, 0.4) is 0 Å². The molecule has 0 saturated carbocycles. The first-order valence-electron chi connectivity index (χ1n) is 4.54. The predicted molar refractivity (Wildman–Crippen MR) is 49.7 cm³/mol. The van der Waals surface area contributed by atoms with Gasteiger partial charge in [0.15, 0.2) is 0 Å². The third kappa shape index (κ3) is 3.57. The number of hydrogen-bond acceptors (Lipinski definition) is 4. The van der Waals surface area contributed by atoms with Crippen molar-refractivity contribution in [3.8, 4) is 0 Å². The number of hydrogen-bond donors (Lipinski definition) is 1. The van der Waals surface area contributed by atoms with Crippen LogP contribution in [0.2, 0.25) is 0 Å². The van der Waals surface area contributed by atoms with Crippen LogP contribution in [0.1, 0.15) is 18.9 Å². The Morgan fingerprint density at radius 3 is 3.00 bits per heavy atom. The molecule has 0 spiro atoms. The van der Waals surface area contributed by atoms with Gasteiger partial charge in [-0.2, -0.15) is 0 Å². The molecule has 0 amide bonds. The average Bonchev–Trinajstić information content (AvgIpc) is 2.64. The van der Waals surface area contributed by atoms with E-state index in [0.29, 0.717) is 13.1 Å². The van der Waals surface area contributed by atoms with E-state index in [9.17, 15) is 4.79 Å². The fourth-order valence-electron chi connectivity index (χ4n) is 1.17. The first-order chi connectivity index (χ1) is 6.72. The van der Waals surface area contributed by atoms with Gasteiger partial charge in [-0.1, -0.05) is 12.1 Å². The number of nitrogens with zero attached hydrogens (tertiary/aromatic N) is 2. The number of rotatable bonds is 6. The monoisotopic (exact) mass is 198 g/mol. The van der Waals surface area contributed by atoms with Crippen molar-refractivity contribution in [3.05, 3.63) is 18.0 Å². The van der Waals surface area contributed by atoms with Gasteiger partial charge in [0.2, 0.25) is 0 Å². The Kier molecular flexibility index (Phi) is 4.12. The Labute approximate surface area is 82.3 Å². The molecule has 0 bridgehead atoms. The fourth-order valence-corrected chi connectivity index (χ4v) is 1.17. The van der Waals surface area contributed by atoms with Gasteiger partial charge in [0.25, 0.3) is 0 Å². The fraction of sp³-hybridized carbons (Fsp3) is 0.556. The number of carbonyl (C=O) groups is 1. The number of aromatic nitrogens is 1. The van der Waals surface area contributed by atoms with Gasteiger partial charge < -0.3 is 9.63 Å². The van der Waals surface area contributed by atoms with Crippen LogP contribution < -0.4 is 0 Å². The highest BCUT2D eigenvalue weighted by Gasteiger charge is 2.07. The molecule has 0 atom stereocenters. The Hall–Kier alpha value is -1.36. The molecule has 1 heterocycles. The van der Waals surface area contributed by atoms with Gasteiger partial charge in [-0.25, -0.2) is 0 Å². The molecule has 1 aromatic rings. The van der Waals surface area contributed by atoms with Crippen LogP contribution >= 0.6 is 0 Å². The van der Waals surface area contributed by atoms with Crippen molar-refractivity contribution in [3.63, 3.8) is 0 Å². The topological polar surface area (TPSA) is 66.6 Å². The van der Waals surface area contributed by atoms with Crippen molar-refractivity contribution in [2.45, 2.75) is 19.9 Å². The average molecular weight is 198 g/mol. The van der Waals surface area contributed by atoms with E-state index in [4.69, 9.17) is 9.63 Å². The highest BCUT2D eigenvalue weighted by Crippen LogP contribution is 2.03. The molecule has 5 nitrogen and oxygen atoms in total. The van der Waals surface area contributed by atoms with Crippen molar-refractivity contribution in [1.82, 2.24) is 10.1 Å². The zero-order chi connectivity index (χ0) is 10.4. The summed E-state index contributed by atoms with van der Waals surface area (Å²) >= 11 is 0. The molecule has 1 aromatic heterocycles. The van der Waals surface area contributed by atoms with Gasteiger partial charge in [0.1, 0.15) is 6.26 Å². The van der Waals surface area contributed by atoms with Crippen molar-refractivity contribution < 1.29 is 14.4 Å². The summed E-state index contributed by atoms with van der Waals surface area (Å²) < 4.78 is 4.69. The van der Waals surface area contributed by atoms with E-state index in [1.165, 1.54) is 0 Å². The molecule has 0 aliphatic carbocycles. The highest BCUT2D eigenvalue weighted by atomic mass is 16.5. The van der Waals surface area contributed by atoms with E-state index < -0.39 is 5.97 Å². The second-order valence-corrected chi connectivity index (χ2v) is 3.05. The molecular weight excluding hydrogens is 184 g/mol. The molecule has 78 valence electrons. The maximum atomic E-state index is 10.4. The molecule has 0 aromatic carbocycles. The normalized spacial score (nSPS) is 10.7. The maximum Gasteiger partial charge on any atom is 0.304 e. The van der Waals surface area contributed by atoms with Crippen molar-refractivity contribution in [1.29, 1.82) is 0 Å². The number of carboxylic acid groups (broad SMARTS) is 1. The smallest absolute Gasteiger partial charge is 0.304 e. The Morgan fingerprint density at radius 1 is 1.71 bits per heavy atom. The Balaban J connectivity index is 2.35. The summed E-state index contributed by atoms with van der Waals surface area (Å²) in [5.41, 5.74) is 0.970. The summed E-state index contributed by atoms with van der Waals surface area (Å²) in [7, 11) is 0. The molecule has 0 saturated heterocycles. The summed E-state index contributed by atoms with van der Waals surface area (Å²) in [5, 5.41) is 12.1. The van der Waals surface area contributed by atoms with E-state index in [-0.39, 0.29) is 6.42 Å². The Morgan fingerprint density at radius 2 is 2.50 bits per heavy atom. The van der Waals surface area contributed by atoms with E-state index in [1.54, 1.807) is 12.5 Å². The molecule has 5 heteroatoms. The molecule has 0 aliphatic rings.